The summed E-state index contributed by atoms with van der Waals surface area (Å²) in [5.41, 5.74) is 1.68. The minimum atomic E-state index is -4.79. The number of hydrogen-bond acceptors (Lipinski definition) is 3. The first-order chi connectivity index (χ1) is 12.0. The number of rotatable bonds is 6. The molecule has 0 saturated heterocycles. The topological polar surface area (TPSA) is 35.5 Å². The number of carbonyl (C=O) groups is 1. The highest BCUT2D eigenvalue weighted by molar-refractivity contribution is 5.87. The number of carbonyl (C=O) groups excluding carboxylic acids is 1. The van der Waals surface area contributed by atoms with Gasteiger partial charge in [-0.15, -0.1) is 13.2 Å². The molecule has 3 rings (SSSR count). The van der Waals surface area contributed by atoms with Gasteiger partial charge in [-0.1, -0.05) is 36.8 Å². The highest BCUT2D eigenvalue weighted by Crippen LogP contribution is 2.37. The Balaban J connectivity index is 1.93. The van der Waals surface area contributed by atoms with Crippen molar-refractivity contribution in [3.63, 3.8) is 0 Å². The molecule has 132 valence electrons. The first-order valence-electron chi connectivity index (χ1n) is 8.03. The quantitative estimate of drug-likeness (QED) is 0.668. The van der Waals surface area contributed by atoms with Crippen LogP contribution in [0.25, 0.3) is 11.1 Å². The van der Waals surface area contributed by atoms with Gasteiger partial charge < -0.3 is 9.47 Å². The number of benzene rings is 2. The second kappa shape index (κ2) is 7.17. The first-order valence-corrected chi connectivity index (χ1v) is 8.03. The van der Waals surface area contributed by atoms with Crippen molar-refractivity contribution in [1.82, 2.24) is 0 Å². The van der Waals surface area contributed by atoms with E-state index in [1.807, 2.05) is 0 Å². The third-order valence-corrected chi connectivity index (χ3v) is 4.27. The van der Waals surface area contributed by atoms with Gasteiger partial charge in [0.1, 0.15) is 0 Å². The van der Waals surface area contributed by atoms with Gasteiger partial charge in [0, 0.05) is 5.56 Å². The lowest BCUT2D eigenvalue weighted by Crippen LogP contribution is -2.21. The number of ether oxygens (including phenoxy) is 2. The van der Waals surface area contributed by atoms with Crippen molar-refractivity contribution in [3.8, 4) is 22.6 Å². The lowest BCUT2D eigenvalue weighted by Gasteiger charge is -2.26. The lowest BCUT2D eigenvalue weighted by molar-refractivity contribution is -0.275. The maximum atomic E-state index is 12.6. The normalized spacial score (nSPS) is 14.7. The predicted octanol–water partition coefficient (Wildman–Crippen LogP) is 5.24. The average Bonchev–Trinajstić information content (AvgIpc) is 2.53. The summed E-state index contributed by atoms with van der Waals surface area (Å²) in [5.74, 6) is 0.0197. The van der Waals surface area contributed by atoms with Crippen LogP contribution < -0.4 is 9.47 Å². The highest BCUT2D eigenvalue weighted by Gasteiger charge is 2.33. The summed E-state index contributed by atoms with van der Waals surface area (Å²) in [6.45, 7) is 0.354. The molecule has 0 atom stereocenters. The number of alkyl halides is 3. The second-order valence-corrected chi connectivity index (χ2v) is 6.02. The molecule has 1 aliphatic rings. The molecule has 0 heterocycles. The molecule has 0 aliphatic heterocycles. The van der Waals surface area contributed by atoms with Crippen molar-refractivity contribution in [2.24, 2.45) is 5.92 Å². The molecule has 6 heteroatoms. The van der Waals surface area contributed by atoms with Crippen molar-refractivity contribution in [3.05, 3.63) is 48.0 Å². The van der Waals surface area contributed by atoms with Gasteiger partial charge in [0.2, 0.25) is 0 Å². The fraction of sp³-hybridized carbons (Fsp3) is 0.316. The molecule has 0 aromatic heterocycles. The van der Waals surface area contributed by atoms with E-state index in [9.17, 15) is 18.0 Å². The summed E-state index contributed by atoms with van der Waals surface area (Å²) < 4.78 is 47.5. The van der Waals surface area contributed by atoms with E-state index in [0.29, 0.717) is 35.5 Å². The van der Waals surface area contributed by atoms with Crippen LogP contribution in [0.2, 0.25) is 0 Å². The summed E-state index contributed by atoms with van der Waals surface area (Å²) in [4.78, 5) is 11.2. The van der Waals surface area contributed by atoms with Gasteiger partial charge in [-0.25, -0.2) is 0 Å². The first kappa shape index (κ1) is 17.3. The van der Waals surface area contributed by atoms with Crippen molar-refractivity contribution in [2.75, 3.05) is 6.61 Å². The summed E-state index contributed by atoms with van der Waals surface area (Å²) in [6.07, 6.45) is -0.930. The fourth-order valence-corrected chi connectivity index (χ4v) is 2.73. The monoisotopic (exact) mass is 350 g/mol. The lowest BCUT2D eigenvalue weighted by atomic mass is 9.86. The van der Waals surface area contributed by atoms with Crippen molar-refractivity contribution in [1.29, 1.82) is 0 Å². The average molecular weight is 350 g/mol. The molecule has 2 aromatic carbocycles. The van der Waals surface area contributed by atoms with Crippen LogP contribution in [-0.4, -0.2) is 19.3 Å². The molecule has 1 aliphatic carbocycles. The van der Waals surface area contributed by atoms with E-state index < -0.39 is 6.36 Å². The Labute approximate surface area is 143 Å². The van der Waals surface area contributed by atoms with E-state index in [1.54, 1.807) is 24.3 Å². The Morgan fingerprint density at radius 3 is 2.48 bits per heavy atom. The molecule has 0 unspecified atom stereocenters. The molecule has 0 amide bonds. The number of halogens is 3. The van der Waals surface area contributed by atoms with Crippen molar-refractivity contribution in [2.45, 2.75) is 25.6 Å². The minimum absolute atomic E-state index is 0.0300. The Morgan fingerprint density at radius 1 is 1.08 bits per heavy atom. The molecule has 3 nitrogen and oxygen atoms in total. The highest BCUT2D eigenvalue weighted by atomic mass is 19.4. The molecule has 0 spiro atoms. The van der Waals surface area contributed by atoms with E-state index in [0.717, 1.165) is 19.3 Å². The van der Waals surface area contributed by atoms with Crippen LogP contribution >= 0.6 is 0 Å². The largest absolute Gasteiger partial charge is 0.573 e. The summed E-state index contributed by atoms with van der Waals surface area (Å²) in [5, 5.41) is 0. The van der Waals surface area contributed by atoms with E-state index in [1.165, 1.54) is 18.2 Å². The van der Waals surface area contributed by atoms with Crippen LogP contribution in [0.15, 0.2) is 42.5 Å². The van der Waals surface area contributed by atoms with Crippen LogP contribution in [0.5, 0.6) is 11.5 Å². The van der Waals surface area contributed by atoms with Crippen LogP contribution in [0, 0.1) is 5.92 Å². The van der Waals surface area contributed by atoms with Gasteiger partial charge in [0.15, 0.2) is 17.8 Å². The number of aldehydes is 1. The standard InChI is InChI=1S/C19H17F3O3/c20-19(21,22)25-17-9-8-14(16-7-2-1-6-15(16)11-23)10-18(17)24-12-13-4-3-5-13/h1-2,6-11,13H,3-5,12H2. The van der Waals surface area contributed by atoms with Crippen LogP contribution in [0.3, 0.4) is 0 Å². The Bertz CT molecular complexity index is 752. The zero-order valence-corrected chi connectivity index (χ0v) is 13.4. The van der Waals surface area contributed by atoms with Crippen molar-refractivity contribution < 1.29 is 27.4 Å². The molecular formula is C19H17F3O3. The molecule has 0 bridgehead atoms. The SMILES string of the molecule is O=Cc1ccccc1-c1ccc(OC(F)(F)F)c(OCC2CCC2)c1. The Morgan fingerprint density at radius 2 is 1.84 bits per heavy atom. The van der Waals surface area contributed by atoms with Gasteiger partial charge >= 0.3 is 6.36 Å². The molecule has 1 saturated carbocycles. The Hall–Kier alpha value is -2.50. The molecule has 0 N–H and O–H groups in total. The molecule has 2 aromatic rings. The smallest absolute Gasteiger partial charge is 0.489 e. The zero-order chi connectivity index (χ0) is 17.9. The van der Waals surface area contributed by atoms with E-state index in [2.05, 4.69) is 4.74 Å². The number of hydrogen-bond donors (Lipinski definition) is 0. The van der Waals surface area contributed by atoms with Gasteiger partial charge in [0.05, 0.1) is 6.61 Å². The summed E-state index contributed by atoms with van der Waals surface area (Å²) in [7, 11) is 0. The molecule has 1 fully saturated rings. The Kier molecular flexibility index (Phi) is 4.97. The van der Waals surface area contributed by atoms with E-state index in [4.69, 9.17) is 4.74 Å². The maximum absolute atomic E-state index is 12.6. The zero-order valence-electron chi connectivity index (χ0n) is 13.4. The van der Waals surface area contributed by atoms with E-state index in [-0.39, 0.29) is 11.5 Å². The third-order valence-electron chi connectivity index (χ3n) is 4.27. The van der Waals surface area contributed by atoms with Crippen LogP contribution in [0.4, 0.5) is 13.2 Å². The minimum Gasteiger partial charge on any atom is -0.489 e. The predicted molar refractivity (Wildman–Crippen MR) is 86.8 cm³/mol. The summed E-state index contributed by atoms with van der Waals surface area (Å²) in [6, 6.07) is 11.1. The molecular weight excluding hydrogens is 333 g/mol. The van der Waals surface area contributed by atoms with Gasteiger partial charge in [-0.3, -0.25) is 4.79 Å². The van der Waals surface area contributed by atoms with Crippen LogP contribution in [-0.2, 0) is 0 Å². The van der Waals surface area contributed by atoms with Crippen molar-refractivity contribution >= 4 is 6.29 Å². The van der Waals surface area contributed by atoms with Gasteiger partial charge in [-0.05, 0) is 42.0 Å². The van der Waals surface area contributed by atoms with E-state index >= 15 is 0 Å². The fourth-order valence-electron chi connectivity index (χ4n) is 2.73. The van der Waals surface area contributed by atoms with Crippen LogP contribution in [0.1, 0.15) is 29.6 Å². The molecule has 0 radical (unpaired) electrons. The van der Waals surface area contributed by atoms with Gasteiger partial charge in [0.25, 0.3) is 0 Å². The third kappa shape index (κ3) is 4.32. The van der Waals surface area contributed by atoms with Gasteiger partial charge in [-0.2, -0.15) is 0 Å². The maximum Gasteiger partial charge on any atom is 0.573 e. The second-order valence-electron chi connectivity index (χ2n) is 6.02. The summed E-state index contributed by atoms with van der Waals surface area (Å²) >= 11 is 0. The molecule has 25 heavy (non-hydrogen) atoms.